The fraction of sp³-hybridized carbons (Fsp3) is 0.364. The van der Waals surface area contributed by atoms with E-state index in [9.17, 15) is 14.4 Å². The normalized spacial score (nSPS) is 13.5. The van der Waals surface area contributed by atoms with E-state index in [0.717, 1.165) is 18.9 Å². The Labute approximate surface area is 182 Å². The third-order valence-electron chi connectivity index (χ3n) is 5.00. The van der Waals surface area contributed by atoms with Gasteiger partial charge in [0, 0.05) is 70.7 Å². The van der Waals surface area contributed by atoms with Gasteiger partial charge in [-0.05, 0) is 30.3 Å². The lowest BCUT2D eigenvalue weighted by molar-refractivity contribution is -0.131. The molecule has 1 aromatic carbocycles. The van der Waals surface area contributed by atoms with Crippen molar-refractivity contribution in [2.24, 2.45) is 0 Å². The molecule has 1 aliphatic heterocycles. The highest BCUT2D eigenvalue weighted by molar-refractivity contribution is 5.96. The molecular formula is C22H28N6O3. The average molecular weight is 425 g/mol. The molecule has 0 saturated carbocycles. The van der Waals surface area contributed by atoms with Crippen LogP contribution in [0.1, 0.15) is 16.8 Å². The van der Waals surface area contributed by atoms with Crippen molar-refractivity contribution in [1.82, 2.24) is 20.1 Å². The van der Waals surface area contributed by atoms with Crippen molar-refractivity contribution in [3.05, 3.63) is 54.2 Å². The van der Waals surface area contributed by atoms with Gasteiger partial charge in [0.05, 0.1) is 0 Å². The Balaban J connectivity index is 1.39. The van der Waals surface area contributed by atoms with Crippen molar-refractivity contribution in [3.8, 4) is 0 Å². The van der Waals surface area contributed by atoms with Crippen molar-refractivity contribution in [1.29, 1.82) is 0 Å². The number of hydrogen-bond acceptors (Lipinski definition) is 5. The number of pyridine rings is 1. The molecule has 164 valence electrons. The summed E-state index contributed by atoms with van der Waals surface area (Å²) in [6.45, 7) is 2.97. The van der Waals surface area contributed by atoms with E-state index in [0.29, 0.717) is 24.3 Å². The summed E-state index contributed by atoms with van der Waals surface area (Å²) in [7, 11) is 3.34. The number of amides is 4. The van der Waals surface area contributed by atoms with E-state index < -0.39 is 6.03 Å². The largest absolute Gasteiger partial charge is 0.353 e. The van der Waals surface area contributed by atoms with Gasteiger partial charge in [0.15, 0.2) is 0 Å². The van der Waals surface area contributed by atoms with Gasteiger partial charge < -0.3 is 25.3 Å². The lowest BCUT2D eigenvalue weighted by Crippen LogP contribution is -2.49. The molecule has 1 fully saturated rings. The number of piperazine rings is 1. The number of carbonyl (C=O) groups is 3. The number of aromatic nitrogens is 1. The van der Waals surface area contributed by atoms with Gasteiger partial charge in [0.1, 0.15) is 5.82 Å². The van der Waals surface area contributed by atoms with Crippen LogP contribution in [0.25, 0.3) is 0 Å². The van der Waals surface area contributed by atoms with Crippen LogP contribution in [-0.4, -0.2) is 79.4 Å². The standard InChI is InChI=1S/C22H28N6O3/c1-26(2)21(30)17-6-5-7-18(16-17)25-22(31)24-11-9-20(29)28-14-12-27(13-15-28)19-8-3-4-10-23-19/h3-8,10,16H,9,11-15H2,1-2H3,(H2,24,25,31). The molecule has 31 heavy (non-hydrogen) atoms. The highest BCUT2D eigenvalue weighted by Crippen LogP contribution is 2.13. The van der Waals surface area contributed by atoms with Crippen LogP contribution in [0.15, 0.2) is 48.7 Å². The van der Waals surface area contributed by atoms with E-state index in [1.54, 1.807) is 44.6 Å². The number of benzene rings is 1. The molecule has 0 spiro atoms. The summed E-state index contributed by atoms with van der Waals surface area (Å²) in [6.07, 6.45) is 2.00. The van der Waals surface area contributed by atoms with Crippen molar-refractivity contribution in [2.45, 2.75) is 6.42 Å². The molecule has 0 radical (unpaired) electrons. The predicted octanol–water partition coefficient (Wildman–Crippen LogP) is 1.64. The molecular weight excluding hydrogens is 396 g/mol. The first-order valence-electron chi connectivity index (χ1n) is 10.2. The van der Waals surface area contributed by atoms with Gasteiger partial charge >= 0.3 is 6.03 Å². The number of anilines is 2. The number of carbonyl (C=O) groups excluding carboxylic acids is 3. The Bertz CT molecular complexity index is 910. The minimum atomic E-state index is -0.415. The first-order chi connectivity index (χ1) is 14.9. The summed E-state index contributed by atoms with van der Waals surface area (Å²) >= 11 is 0. The van der Waals surface area contributed by atoms with E-state index in [-0.39, 0.29) is 24.8 Å². The number of rotatable bonds is 6. The van der Waals surface area contributed by atoms with E-state index >= 15 is 0 Å². The van der Waals surface area contributed by atoms with E-state index in [1.807, 2.05) is 23.1 Å². The molecule has 1 saturated heterocycles. The summed E-state index contributed by atoms with van der Waals surface area (Å²) in [6, 6.07) is 12.1. The molecule has 1 aliphatic rings. The molecule has 0 aliphatic carbocycles. The SMILES string of the molecule is CN(C)C(=O)c1cccc(NC(=O)NCCC(=O)N2CCN(c3ccccn3)CC2)c1. The molecule has 1 aromatic heterocycles. The summed E-state index contributed by atoms with van der Waals surface area (Å²) in [5, 5.41) is 5.39. The second-order valence-corrected chi connectivity index (χ2v) is 7.47. The smallest absolute Gasteiger partial charge is 0.319 e. The van der Waals surface area contributed by atoms with Crippen LogP contribution in [0.2, 0.25) is 0 Å². The fourth-order valence-corrected chi connectivity index (χ4v) is 3.33. The zero-order valence-corrected chi connectivity index (χ0v) is 17.9. The molecule has 3 rings (SSSR count). The third-order valence-corrected chi connectivity index (χ3v) is 5.00. The van der Waals surface area contributed by atoms with E-state index in [2.05, 4.69) is 20.5 Å². The molecule has 2 heterocycles. The molecule has 2 aromatic rings. The number of nitrogens with zero attached hydrogens (tertiary/aromatic N) is 4. The van der Waals surface area contributed by atoms with Gasteiger partial charge in [-0.15, -0.1) is 0 Å². The minimum Gasteiger partial charge on any atom is -0.353 e. The first-order valence-corrected chi connectivity index (χ1v) is 10.2. The highest BCUT2D eigenvalue weighted by Gasteiger charge is 2.21. The second kappa shape index (κ2) is 10.4. The minimum absolute atomic E-state index is 0.0135. The van der Waals surface area contributed by atoms with Gasteiger partial charge in [-0.3, -0.25) is 9.59 Å². The Morgan fingerprint density at radius 1 is 1.03 bits per heavy atom. The van der Waals surface area contributed by atoms with Gasteiger partial charge in [-0.1, -0.05) is 12.1 Å². The molecule has 0 atom stereocenters. The van der Waals surface area contributed by atoms with Gasteiger partial charge in [-0.25, -0.2) is 9.78 Å². The molecule has 0 unspecified atom stereocenters. The third kappa shape index (κ3) is 6.18. The monoisotopic (exact) mass is 424 g/mol. The van der Waals surface area contributed by atoms with Gasteiger partial charge in [0.25, 0.3) is 5.91 Å². The number of urea groups is 1. The second-order valence-electron chi connectivity index (χ2n) is 7.47. The van der Waals surface area contributed by atoms with Crippen LogP contribution in [0.3, 0.4) is 0 Å². The fourth-order valence-electron chi connectivity index (χ4n) is 3.33. The summed E-state index contributed by atoms with van der Waals surface area (Å²) < 4.78 is 0. The maximum Gasteiger partial charge on any atom is 0.319 e. The maximum absolute atomic E-state index is 12.4. The lowest BCUT2D eigenvalue weighted by atomic mass is 10.2. The summed E-state index contributed by atoms with van der Waals surface area (Å²) in [5.74, 6) is 0.793. The molecule has 9 nitrogen and oxygen atoms in total. The number of hydrogen-bond donors (Lipinski definition) is 2. The zero-order valence-electron chi connectivity index (χ0n) is 17.9. The van der Waals surface area contributed by atoms with Crippen molar-refractivity contribution in [2.75, 3.05) is 57.0 Å². The topological polar surface area (TPSA) is 97.9 Å². The Kier molecular flexibility index (Phi) is 7.42. The molecule has 4 amide bonds. The van der Waals surface area contributed by atoms with Crippen LogP contribution in [0.5, 0.6) is 0 Å². The quantitative estimate of drug-likeness (QED) is 0.735. The zero-order chi connectivity index (χ0) is 22.2. The van der Waals surface area contributed by atoms with Gasteiger partial charge in [-0.2, -0.15) is 0 Å². The first kappa shape index (κ1) is 22.1. The van der Waals surface area contributed by atoms with Crippen molar-refractivity contribution < 1.29 is 14.4 Å². The molecule has 9 heteroatoms. The molecule has 0 bridgehead atoms. The van der Waals surface area contributed by atoms with Crippen LogP contribution in [0.4, 0.5) is 16.3 Å². The van der Waals surface area contributed by atoms with Crippen LogP contribution < -0.4 is 15.5 Å². The summed E-state index contributed by atoms with van der Waals surface area (Å²) in [5.41, 5.74) is 1.00. The van der Waals surface area contributed by atoms with Crippen LogP contribution >= 0.6 is 0 Å². The number of nitrogens with one attached hydrogen (secondary N) is 2. The molecule has 2 N–H and O–H groups in total. The van der Waals surface area contributed by atoms with E-state index in [1.165, 1.54) is 4.90 Å². The van der Waals surface area contributed by atoms with Crippen LogP contribution in [-0.2, 0) is 4.79 Å². The van der Waals surface area contributed by atoms with Crippen LogP contribution in [0, 0.1) is 0 Å². The predicted molar refractivity (Wildman–Crippen MR) is 119 cm³/mol. The maximum atomic E-state index is 12.4. The highest BCUT2D eigenvalue weighted by atomic mass is 16.2. The Morgan fingerprint density at radius 2 is 1.81 bits per heavy atom. The van der Waals surface area contributed by atoms with E-state index in [4.69, 9.17) is 0 Å². The van der Waals surface area contributed by atoms with Crippen molar-refractivity contribution >= 4 is 29.4 Å². The lowest BCUT2D eigenvalue weighted by Gasteiger charge is -2.35. The average Bonchev–Trinajstić information content (AvgIpc) is 2.79. The summed E-state index contributed by atoms with van der Waals surface area (Å²) in [4.78, 5) is 46.4. The Morgan fingerprint density at radius 3 is 2.48 bits per heavy atom. The Hall–Kier alpha value is -3.62. The van der Waals surface area contributed by atoms with Crippen molar-refractivity contribution in [3.63, 3.8) is 0 Å². The van der Waals surface area contributed by atoms with Gasteiger partial charge in [0.2, 0.25) is 5.91 Å².